The van der Waals surface area contributed by atoms with E-state index in [9.17, 15) is 14.4 Å². The minimum absolute atomic E-state index is 0.0274. The van der Waals surface area contributed by atoms with Gasteiger partial charge in [0.15, 0.2) is 5.78 Å². The summed E-state index contributed by atoms with van der Waals surface area (Å²) < 4.78 is 5.21. The number of carbonyl (C=O) groups excluding carboxylic acids is 3. The number of hydrogen-bond acceptors (Lipinski definition) is 5. The number of rotatable bonds is 5. The Morgan fingerprint density at radius 2 is 2.25 bits per heavy atom. The Morgan fingerprint density at radius 3 is 2.75 bits per heavy atom. The quantitative estimate of drug-likeness (QED) is 0.711. The number of ether oxygens (including phenoxy) is 1. The van der Waals surface area contributed by atoms with Gasteiger partial charge in [-0.25, -0.2) is 4.79 Å². The van der Waals surface area contributed by atoms with Gasteiger partial charge in [-0.3, -0.25) is 9.59 Å². The number of methoxy groups -OCH3 is 1. The summed E-state index contributed by atoms with van der Waals surface area (Å²) in [5.41, 5.74) is 5.47. The fourth-order valence-electron chi connectivity index (χ4n) is 1.97. The molecular weight excluding hydrogens is 328 g/mol. The van der Waals surface area contributed by atoms with Crippen LogP contribution in [0.1, 0.15) is 26.2 Å². The molecule has 0 fully saturated rings. The van der Waals surface area contributed by atoms with Crippen molar-refractivity contribution in [2.45, 2.75) is 38.3 Å². The van der Waals surface area contributed by atoms with Gasteiger partial charge in [-0.2, -0.15) is 0 Å². The zero-order valence-corrected chi connectivity index (χ0v) is 13.1. The number of nitrogens with one attached hydrogen (secondary N) is 1. The third-order valence-corrected chi connectivity index (χ3v) is 3.85. The summed E-state index contributed by atoms with van der Waals surface area (Å²) >= 11 is 3.20. The monoisotopic (exact) mass is 346 g/mol. The molecule has 0 saturated carbocycles. The second-order valence-corrected chi connectivity index (χ2v) is 5.70. The van der Waals surface area contributed by atoms with Crippen LogP contribution in [0.2, 0.25) is 0 Å². The maximum absolute atomic E-state index is 11.7. The van der Waals surface area contributed by atoms with Gasteiger partial charge in [0, 0.05) is 6.42 Å². The van der Waals surface area contributed by atoms with Gasteiger partial charge in [0.1, 0.15) is 6.04 Å². The number of nitrogens with two attached hydrogens (primary N) is 1. The van der Waals surface area contributed by atoms with Crippen LogP contribution < -0.4 is 11.1 Å². The number of halogens is 1. The third-order valence-electron chi connectivity index (χ3n) is 3.14. The Hall–Kier alpha value is -1.21. The minimum Gasteiger partial charge on any atom is -0.467 e. The van der Waals surface area contributed by atoms with Crippen molar-refractivity contribution in [3.8, 4) is 0 Å². The lowest BCUT2D eigenvalue weighted by atomic mass is 9.89. The Balaban J connectivity index is 2.73. The van der Waals surface area contributed by atoms with Crippen molar-refractivity contribution in [2.75, 3.05) is 7.11 Å². The molecule has 0 aromatic carbocycles. The van der Waals surface area contributed by atoms with E-state index in [1.807, 2.05) is 0 Å². The van der Waals surface area contributed by atoms with Crippen LogP contribution in [-0.2, 0) is 19.1 Å². The predicted octanol–water partition coefficient (Wildman–Crippen LogP) is 0.639. The normalized spacial score (nSPS) is 21.7. The molecule has 7 heteroatoms. The lowest BCUT2D eigenvalue weighted by molar-refractivity contribution is -0.145. The molecule has 0 bridgehead atoms. The van der Waals surface area contributed by atoms with Crippen LogP contribution in [0.5, 0.6) is 0 Å². The average molecular weight is 347 g/mol. The Bertz CT molecular complexity index is 434. The summed E-state index contributed by atoms with van der Waals surface area (Å²) in [5.74, 6) is -0.842. The smallest absolute Gasteiger partial charge is 0.328 e. The van der Waals surface area contributed by atoms with Crippen LogP contribution in [0.25, 0.3) is 0 Å². The molecular formula is C13H19BrN2O4. The first-order valence-electron chi connectivity index (χ1n) is 6.39. The first-order valence-corrected chi connectivity index (χ1v) is 7.18. The Morgan fingerprint density at radius 1 is 1.60 bits per heavy atom. The molecule has 20 heavy (non-hydrogen) atoms. The molecule has 0 aromatic rings. The largest absolute Gasteiger partial charge is 0.467 e. The number of amides is 1. The van der Waals surface area contributed by atoms with E-state index in [1.165, 1.54) is 7.11 Å². The maximum Gasteiger partial charge on any atom is 0.328 e. The molecule has 1 amide bonds. The van der Waals surface area contributed by atoms with Gasteiger partial charge in [-0.15, -0.1) is 0 Å². The average Bonchev–Trinajstić information content (AvgIpc) is 2.40. The summed E-state index contributed by atoms with van der Waals surface area (Å²) in [5, 5.41) is 2.57. The van der Waals surface area contributed by atoms with Crippen LogP contribution in [0.4, 0.5) is 0 Å². The molecule has 0 spiro atoms. The topological polar surface area (TPSA) is 98.5 Å². The van der Waals surface area contributed by atoms with E-state index >= 15 is 0 Å². The number of carbonyl (C=O) groups is 3. The van der Waals surface area contributed by atoms with Crippen molar-refractivity contribution in [1.29, 1.82) is 0 Å². The third kappa shape index (κ3) is 4.72. The van der Waals surface area contributed by atoms with E-state index in [2.05, 4.69) is 26.0 Å². The molecule has 1 aliphatic carbocycles. The number of allylic oxidation sites excluding steroid dienone is 2. The predicted molar refractivity (Wildman–Crippen MR) is 77.0 cm³/mol. The first kappa shape index (κ1) is 16.8. The molecule has 112 valence electrons. The van der Waals surface area contributed by atoms with Gasteiger partial charge in [0.25, 0.3) is 0 Å². The van der Waals surface area contributed by atoms with Gasteiger partial charge in [0.05, 0.1) is 17.6 Å². The molecule has 0 heterocycles. The van der Waals surface area contributed by atoms with E-state index in [4.69, 9.17) is 5.73 Å². The lowest BCUT2D eigenvalue weighted by Gasteiger charge is -2.23. The number of Topliss-reactive ketones (excluding diaryl/α,β-unsaturated/α-hetero) is 1. The van der Waals surface area contributed by atoms with Gasteiger partial charge in [-0.1, -0.05) is 6.08 Å². The number of esters is 1. The van der Waals surface area contributed by atoms with Gasteiger partial charge >= 0.3 is 5.97 Å². The molecule has 0 aliphatic heterocycles. The number of hydrogen-bond donors (Lipinski definition) is 2. The Labute approximate surface area is 126 Å². The summed E-state index contributed by atoms with van der Waals surface area (Å²) in [6, 6.07) is -1.45. The van der Waals surface area contributed by atoms with Crippen LogP contribution in [0.15, 0.2) is 10.6 Å². The van der Waals surface area contributed by atoms with Gasteiger partial charge < -0.3 is 15.8 Å². The minimum atomic E-state index is -0.756. The van der Waals surface area contributed by atoms with Crippen molar-refractivity contribution in [3.05, 3.63) is 10.6 Å². The van der Waals surface area contributed by atoms with E-state index in [0.29, 0.717) is 23.7 Å². The van der Waals surface area contributed by atoms with Crippen molar-refractivity contribution < 1.29 is 19.1 Å². The highest BCUT2D eigenvalue weighted by Crippen LogP contribution is 2.27. The SMILES string of the molecule is COC(=O)[C@H](C[C@H]1C=C(Br)C(=O)CC1)NC(=O)[C@H](C)N. The van der Waals surface area contributed by atoms with Gasteiger partial charge in [-0.05, 0) is 41.6 Å². The van der Waals surface area contributed by atoms with E-state index in [1.54, 1.807) is 13.0 Å². The van der Waals surface area contributed by atoms with Crippen molar-refractivity contribution >= 4 is 33.6 Å². The second-order valence-electron chi connectivity index (χ2n) is 4.85. The number of ketones is 1. The fraction of sp³-hybridized carbons (Fsp3) is 0.615. The fourth-order valence-corrected chi connectivity index (χ4v) is 2.54. The molecule has 1 aliphatic rings. The zero-order valence-electron chi connectivity index (χ0n) is 11.5. The zero-order chi connectivity index (χ0) is 15.3. The van der Waals surface area contributed by atoms with Gasteiger partial charge in [0.2, 0.25) is 5.91 Å². The summed E-state index contributed by atoms with van der Waals surface area (Å²) in [4.78, 5) is 34.7. The summed E-state index contributed by atoms with van der Waals surface area (Å²) in [6.07, 6.45) is 3.24. The summed E-state index contributed by atoms with van der Waals surface area (Å²) in [7, 11) is 1.27. The summed E-state index contributed by atoms with van der Waals surface area (Å²) in [6.45, 7) is 1.54. The maximum atomic E-state index is 11.7. The molecule has 3 N–H and O–H groups in total. The highest BCUT2D eigenvalue weighted by Gasteiger charge is 2.28. The van der Waals surface area contributed by atoms with Crippen LogP contribution >= 0.6 is 15.9 Å². The molecule has 0 unspecified atom stereocenters. The van der Waals surface area contributed by atoms with E-state index < -0.39 is 24.0 Å². The highest BCUT2D eigenvalue weighted by atomic mass is 79.9. The van der Waals surface area contributed by atoms with E-state index in [-0.39, 0.29) is 11.7 Å². The standard InChI is InChI=1S/C13H19BrN2O4/c1-7(15)12(18)16-10(13(19)20-2)6-8-3-4-11(17)9(14)5-8/h5,7-8,10H,3-4,6,15H2,1-2H3,(H,16,18)/t7-,8+,10-/m0/s1. The van der Waals surface area contributed by atoms with Crippen molar-refractivity contribution in [3.63, 3.8) is 0 Å². The molecule has 1 rings (SSSR count). The molecule has 0 radical (unpaired) electrons. The lowest BCUT2D eigenvalue weighted by Crippen LogP contribution is -2.48. The molecule has 6 nitrogen and oxygen atoms in total. The first-order chi connectivity index (χ1) is 9.35. The molecule has 0 aromatic heterocycles. The molecule has 0 saturated heterocycles. The van der Waals surface area contributed by atoms with Crippen LogP contribution in [0.3, 0.4) is 0 Å². The molecule has 3 atom stereocenters. The Kier molecular flexibility index (Phi) is 6.35. The second kappa shape index (κ2) is 7.54. The van der Waals surface area contributed by atoms with Crippen LogP contribution in [0, 0.1) is 5.92 Å². The van der Waals surface area contributed by atoms with Crippen molar-refractivity contribution in [2.24, 2.45) is 11.7 Å². The highest BCUT2D eigenvalue weighted by molar-refractivity contribution is 9.12. The van der Waals surface area contributed by atoms with E-state index in [0.717, 1.165) is 0 Å². The van der Waals surface area contributed by atoms with Crippen LogP contribution in [-0.4, -0.2) is 36.9 Å². The van der Waals surface area contributed by atoms with Crippen molar-refractivity contribution in [1.82, 2.24) is 5.32 Å².